The van der Waals surface area contributed by atoms with Crippen LogP contribution in [-0.2, 0) is 0 Å². The zero-order valence-corrected chi connectivity index (χ0v) is 18.2. The van der Waals surface area contributed by atoms with Crippen LogP contribution in [0.15, 0.2) is 79.1 Å². The van der Waals surface area contributed by atoms with Gasteiger partial charge < -0.3 is 10.2 Å². The first kappa shape index (κ1) is 20.5. The van der Waals surface area contributed by atoms with E-state index in [9.17, 15) is 4.79 Å². The number of likely N-dealkylation sites (tertiary alicyclic amines) is 1. The number of aromatic nitrogens is 2. The number of fused-ring (bicyclic) bond motifs is 1. The lowest BCUT2D eigenvalue weighted by Crippen LogP contribution is -2.37. The third kappa shape index (κ3) is 4.43. The molecule has 5 nitrogen and oxygen atoms in total. The number of hydrogen-bond acceptors (Lipinski definition) is 3. The van der Waals surface area contributed by atoms with Crippen molar-refractivity contribution >= 4 is 16.9 Å². The molecule has 4 aromatic rings. The molecule has 5 heteroatoms. The monoisotopic (exact) mass is 424 g/mol. The van der Waals surface area contributed by atoms with Gasteiger partial charge in [-0.25, -0.2) is 4.98 Å². The van der Waals surface area contributed by atoms with Gasteiger partial charge in [-0.15, -0.1) is 0 Å². The number of amides is 1. The van der Waals surface area contributed by atoms with Gasteiger partial charge in [0.1, 0.15) is 6.33 Å². The molecule has 0 atom stereocenters. The second kappa shape index (κ2) is 9.37. The summed E-state index contributed by atoms with van der Waals surface area (Å²) in [4.78, 5) is 19.7. The van der Waals surface area contributed by atoms with E-state index in [1.165, 1.54) is 19.3 Å². The summed E-state index contributed by atoms with van der Waals surface area (Å²) in [6, 6.07) is 24.3. The van der Waals surface area contributed by atoms with Gasteiger partial charge in [0.2, 0.25) is 0 Å². The largest absolute Gasteiger partial charge is 0.351 e. The van der Waals surface area contributed by atoms with Crippen molar-refractivity contribution in [3.8, 4) is 16.8 Å². The maximum atomic E-state index is 12.7. The molecule has 162 valence electrons. The highest BCUT2D eigenvalue weighted by Crippen LogP contribution is 2.26. The molecule has 1 aliphatic rings. The molecule has 1 aliphatic heterocycles. The molecule has 32 heavy (non-hydrogen) atoms. The zero-order chi connectivity index (χ0) is 21.8. The lowest BCUT2D eigenvalue weighted by Gasteiger charge is -2.26. The maximum Gasteiger partial charge on any atom is 0.251 e. The first-order chi connectivity index (χ1) is 15.8. The number of para-hydroxylation sites is 1. The van der Waals surface area contributed by atoms with Crippen molar-refractivity contribution in [2.24, 2.45) is 0 Å². The molecule has 1 aromatic heterocycles. The fourth-order valence-electron chi connectivity index (χ4n) is 4.44. The van der Waals surface area contributed by atoms with Crippen LogP contribution in [0.3, 0.4) is 0 Å². The Balaban J connectivity index is 1.30. The lowest BCUT2D eigenvalue weighted by atomic mass is 10.0. The van der Waals surface area contributed by atoms with E-state index in [4.69, 9.17) is 0 Å². The highest BCUT2D eigenvalue weighted by molar-refractivity contribution is 5.95. The Morgan fingerprint density at radius 1 is 0.875 bits per heavy atom. The maximum absolute atomic E-state index is 12.7. The minimum absolute atomic E-state index is 0.0155. The molecule has 1 saturated heterocycles. The molecule has 0 bridgehead atoms. The topological polar surface area (TPSA) is 50.2 Å². The Bertz CT molecular complexity index is 1210. The van der Waals surface area contributed by atoms with Crippen molar-refractivity contribution in [1.82, 2.24) is 19.8 Å². The summed E-state index contributed by atoms with van der Waals surface area (Å²) in [5.74, 6) is -0.0155. The minimum Gasteiger partial charge on any atom is -0.351 e. The molecule has 1 N–H and O–H groups in total. The predicted molar refractivity (Wildman–Crippen MR) is 129 cm³/mol. The smallest absolute Gasteiger partial charge is 0.251 e. The van der Waals surface area contributed by atoms with Gasteiger partial charge in [0, 0.05) is 24.3 Å². The van der Waals surface area contributed by atoms with Crippen LogP contribution < -0.4 is 5.32 Å². The second-order valence-electron chi connectivity index (χ2n) is 8.39. The molecule has 0 unspecified atom stereocenters. The quantitative estimate of drug-likeness (QED) is 0.479. The van der Waals surface area contributed by atoms with E-state index in [-0.39, 0.29) is 5.91 Å². The third-order valence-electron chi connectivity index (χ3n) is 6.20. The number of benzene rings is 3. The fourth-order valence-corrected chi connectivity index (χ4v) is 4.44. The third-order valence-corrected chi connectivity index (χ3v) is 6.20. The second-order valence-corrected chi connectivity index (χ2v) is 8.39. The Kier molecular flexibility index (Phi) is 5.99. The van der Waals surface area contributed by atoms with Gasteiger partial charge in [-0.05, 0) is 73.5 Å². The Hall–Kier alpha value is -3.44. The van der Waals surface area contributed by atoms with Gasteiger partial charge in [-0.2, -0.15) is 0 Å². The van der Waals surface area contributed by atoms with E-state index in [2.05, 4.69) is 50.1 Å². The molecule has 3 aromatic carbocycles. The highest BCUT2D eigenvalue weighted by Gasteiger charge is 2.12. The van der Waals surface area contributed by atoms with Crippen molar-refractivity contribution < 1.29 is 4.79 Å². The summed E-state index contributed by atoms with van der Waals surface area (Å²) in [6.07, 6.45) is 5.72. The average Bonchev–Trinajstić information content (AvgIpc) is 3.29. The normalized spacial score (nSPS) is 14.5. The number of nitrogens with one attached hydrogen (secondary N) is 1. The van der Waals surface area contributed by atoms with Crippen LogP contribution in [0.25, 0.3) is 27.8 Å². The molecule has 0 saturated carbocycles. The van der Waals surface area contributed by atoms with Gasteiger partial charge in [0.25, 0.3) is 5.91 Å². The summed E-state index contributed by atoms with van der Waals surface area (Å²) >= 11 is 0. The number of nitrogens with zero attached hydrogens (tertiary/aromatic N) is 3. The van der Waals surface area contributed by atoms with Gasteiger partial charge in [-0.1, -0.05) is 42.8 Å². The molecular formula is C27H28N4O. The fraction of sp³-hybridized carbons (Fsp3) is 0.259. The molecular weight excluding hydrogens is 396 g/mol. The van der Waals surface area contributed by atoms with Crippen LogP contribution >= 0.6 is 0 Å². The summed E-state index contributed by atoms with van der Waals surface area (Å²) in [7, 11) is 0. The Morgan fingerprint density at radius 3 is 2.53 bits per heavy atom. The van der Waals surface area contributed by atoms with E-state index in [1.54, 1.807) is 0 Å². The van der Waals surface area contributed by atoms with Gasteiger partial charge in [-0.3, -0.25) is 9.36 Å². The standard InChI is InChI=1S/C27H28N4O/c32-27(28-14-17-30-15-5-2-6-16-30)23-9-7-8-21(18-23)22-12-13-26-25(19-22)29-20-31(26)24-10-3-1-4-11-24/h1,3-4,7-13,18-20H,2,5-6,14-17H2,(H,28,32). The van der Waals surface area contributed by atoms with Crippen LogP contribution in [0.2, 0.25) is 0 Å². The molecule has 1 amide bonds. The predicted octanol–water partition coefficient (Wildman–Crippen LogP) is 4.91. The Morgan fingerprint density at radius 2 is 1.69 bits per heavy atom. The molecule has 0 aliphatic carbocycles. The van der Waals surface area contributed by atoms with Crippen LogP contribution in [0, 0.1) is 0 Å². The minimum atomic E-state index is -0.0155. The molecule has 5 rings (SSSR count). The lowest BCUT2D eigenvalue weighted by molar-refractivity contribution is 0.0946. The number of hydrogen-bond donors (Lipinski definition) is 1. The van der Waals surface area contributed by atoms with Gasteiger partial charge in [0.05, 0.1) is 11.0 Å². The first-order valence-corrected chi connectivity index (χ1v) is 11.4. The Labute approximate surface area is 188 Å². The molecule has 0 spiro atoms. The van der Waals surface area contributed by atoms with Crippen molar-refractivity contribution in [1.29, 1.82) is 0 Å². The van der Waals surface area contributed by atoms with Crippen molar-refractivity contribution in [2.75, 3.05) is 26.2 Å². The number of carbonyl (C=O) groups excluding carboxylic acids is 1. The van der Waals surface area contributed by atoms with Gasteiger partial charge in [0.15, 0.2) is 0 Å². The summed E-state index contributed by atoms with van der Waals surface area (Å²) < 4.78 is 2.09. The van der Waals surface area contributed by atoms with E-state index in [0.29, 0.717) is 12.1 Å². The van der Waals surface area contributed by atoms with E-state index in [1.807, 2.05) is 48.8 Å². The average molecular weight is 425 g/mol. The molecule has 1 fully saturated rings. The van der Waals surface area contributed by atoms with E-state index >= 15 is 0 Å². The van der Waals surface area contributed by atoms with E-state index < -0.39 is 0 Å². The zero-order valence-electron chi connectivity index (χ0n) is 18.2. The number of piperidine rings is 1. The summed E-state index contributed by atoms with van der Waals surface area (Å²) in [5.41, 5.74) is 5.85. The van der Waals surface area contributed by atoms with Crippen LogP contribution in [0.1, 0.15) is 29.6 Å². The SMILES string of the molecule is O=C(NCCN1CCCCC1)c1cccc(-c2ccc3c(c2)ncn3-c2ccccc2)c1. The van der Waals surface area contributed by atoms with Crippen LogP contribution in [0.4, 0.5) is 0 Å². The number of imidazole rings is 1. The van der Waals surface area contributed by atoms with E-state index in [0.717, 1.165) is 47.5 Å². The number of carbonyl (C=O) groups is 1. The number of rotatable bonds is 6. The van der Waals surface area contributed by atoms with Crippen LogP contribution in [-0.4, -0.2) is 46.5 Å². The van der Waals surface area contributed by atoms with Crippen molar-refractivity contribution in [3.05, 3.63) is 84.7 Å². The van der Waals surface area contributed by atoms with Crippen LogP contribution in [0.5, 0.6) is 0 Å². The highest BCUT2D eigenvalue weighted by atomic mass is 16.1. The van der Waals surface area contributed by atoms with Gasteiger partial charge >= 0.3 is 0 Å². The summed E-state index contributed by atoms with van der Waals surface area (Å²) in [6.45, 7) is 3.90. The molecule has 0 radical (unpaired) electrons. The summed E-state index contributed by atoms with van der Waals surface area (Å²) in [5, 5.41) is 3.08. The first-order valence-electron chi connectivity index (χ1n) is 11.4. The molecule has 2 heterocycles. The van der Waals surface area contributed by atoms with Crippen molar-refractivity contribution in [2.45, 2.75) is 19.3 Å². The van der Waals surface area contributed by atoms with Crippen molar-refractivity contribution in [3.63, 3.8) is 0 Å².